The van der Waals surface area contributed by atoms with Crippen LogP contribution in [-0.4, -0.2) is 11.0 Å². The Labute approximate surface area is 78.0 Å². The molecule has 0 aromatic heterocycles. The van der Waals surface area contributed by atoms with Gasteiger partial charge in [-0.05, 0) is 43.0 Å². The van der Waals surface area contributed by atoms with Crippen molar-refractivity contribution in [2.75, 3.05) is 5.88 Å². The first-order chi connectivity index (χ1) is 5.65. The Morgan fingerprint density at radius 3 is 2.50 bits per heavy atom. The van der Waals surface area contributed by atoms with Crippen molar-refractivity contribution in [3.63, 3.8) is 0 Å². The first kappa shape index (κ1) is 9.40. The van der Waals surface area contributed by atoms with Crippen LogP contribution in [0.15, 0.2) is 12.1 Å². The number of phenols is 1. The Bertz CT molecular complexity index is 281. The summed E-state index contributed by atoms with van der Waals surface area (Å²) in [6.45, 7) is 3.88. The van der Waals surface area contributed by atoms with Gasteiger partial charge in [-0.3, -0.25) is 0 Å². The average Bonchev–Trinajstić information content (AvgIpc) is 2.01. The summed E-state index contributed by atoms with van der Waals surface area (Å²) in [6.07, 6.45) is 0.870. The number of hydrogen-bond donors (Lipinski definition) is 1. The monoisotopic (exact) mass is 184 g/mol. The van der Waals surface area contributed by atoms with Gasteiger partial charge in [0, 0.05) is 5.88 Å². The Morgan fingerprint density at radius 1 is 1.25 bits per heavy atom. The normalized spacial score (nSPS) is 10.2. The van der Waals surface area contributed by atoms with Crippen LogP contribution < -0.4 is 0 Å². The van der Waals surface area contributed by atoms with E-state index in [1.54, 1.807) is 6.07 Å². The largest absolute Gasteiger partial charge is 0.508 e. The van der Waals surface area contributed by atoms with Gasteiger partial charge in [0.05, 0.1) is 0 Å². The van der Waals surface area contributed by atoms with Gasteiger partial charge in [-0.25, -0.2) is 0 Å². The molecular weight excluding hydrogens is 172 g/mol. The van der Waals surface area contributed by atoms with E-state index in [0.717, 1.165) is 17.5 Å². The highest BCUT2D eigenvalue weighted by atomic mass is 35.5. The molecule has 1 N–H and O–H groups in total. The molecule has 66 valence electrons. The Hall–Kier alpha value is -0.690. The lowest BCUT2D eigenvalue weighted by molar-refractivity contribution is 0.470. The summed E-state index contributed by atoms with van der Waals surface area (Å²) in [7, 11) is 0. The Kier molecular flexibility index (Phi) is 2.99. The summed E-state index contributed by atoms with van der Waals surface area (Å²) in [5.41, 5.74) is 3.25. The molecule has 0 fully saturated rings. The quantitative estimate of drug-likeness (QED) is 0.701. The molecule has 0 aliphatic rings. The van der Waals surface area contributed by atoms with Crippen LogP contribution in [0, 0.1) is 13.8 Å². The third-order valence-electron chi connectivity index (χ3n) is 2.02. The van der Waals surface area contributed by atoms with Crippen LogP contribution in [0.5, 0.6) is 5.75 Å². The molecule has 12 heavy (non-hydrogen) atoms. The maximum atomic E-state index is 9.36. The second-order valence-electron chi connectivity index (χ2n) is 3.00. The molecule has 1 aromatic rings. The van der Waals surface area contributed by atoms with Crippen molar-refractivity contribution in [2.45, 2.75) is 20.3 Å². The van der Waals surface area contributed by atoms with Crippen LogP contribution in [-0.2, 0) is 6.42 Å². The molecule has 0 saturated heterocycles. The van der Waals surface area contributed by atoms with Crippen LogP contribution >= 0.6 is 11.6 Å². The summed E-state index contributed by atoms with van der Waals surface area (Å²) in [5, 5.41) is 9.36. The lowest BCUT2D eigenvalue weighted by Crippen LogP contribution is -1.91. The second-order valence-corrected chi connectivity index (χ2v) is 3.38. The molecule has 0 radical (unpaired) electrons. The van der Waals surface area contributed by atoms with Gasteiger partial charge < -0.3 is 5.11 Å². The molecule has 0 aliphatic carbocycles. The van der Waals surface area contributed by atoms with Crippen molar-refractivity contribution in [2.24, 2.45) is 0 Å². The third-order valence-corrected chi connectivity index (χ3v) is 2.21. The average molecular weight is 185 g/mol. The van der Waals surface area contributed by atoms with E-state index < -0.39 is 0 Å². The number of rotatable bonds is 2. The Balaban J connectivity index is 3.05. The minimum Gasteiger partial charge on any atom is -0.508 e. The third kappa shape index (κ3) is 1.92. The standard InChI is InChI=1S/C10H13ClO/c1-7-6-10(12)8(2)5-9(7)3-4-11/h5-6,12H,3-4H2,1-2H3. The van der Waals surface area contributed by atoms with E-state index in [1.807, 2.05) is 19.9 Å². The molecule has 2 heteroatoms. The van der Waals surface area contributed by atoms with E-state index in [1.165, 1.54) is 5.56 Å². The molecular formula is C10H13ClO. The highest BCUT2D eigenvalue weighted by Gasteiger charge is 2.02. The van der Waals surface area contributed by atoms with Crippen molar-refractivity contribution < 1.29 is 5.11 Å². The summed E-state index contributed by atoms with van der Waals surface area (Å²) < 4.78 is 0. The summed E-state index contributed by atoms with van der Waals surface area (Å²) in [4.78, 5) is 0. The molecule has 0 aliphatic heterocycles. The zero-order valence-corrected chi connectivity index (χ0v) is 8.15. The SMILES string of the molecule is Cc1cc(CCCl)c(C)cc1O. The van der Waals surface area contributed by atoms with Gasteiger partial charge in [-0.15, -0.1) is 11.6 Å². The van der Waals surface area contributed by atoms with E-state index in [4.69, 9.17) is 11.6 Å². The van der Waals surface area contributed by atoms with Gasteiger partial charge in [0.15, 0.2) is 0 Å². The number of benzene rings is 1. The topological polar surface area (TPSA) is 20.2 Å². The molecule has 1 rings (SSSR count). The number of phenolic OH excluding ortho intramolecular Hbond substituents is 1. The zero-order valence-electron chi connectivity index (χ0n) is 7.39. The van der Waals surface area contributed by atoms with E-state index in [9.17, 15) is 5.11 Å². The fraction of sp³-hybridized carbons (Fsp3) is 0.400. The maximum absolute atomic E-state index is 9.36. The van der Waals surface area contributed by atoms with E-state index in [2.05, 4.69) is 0 Å². The first-order valence-electron chi connectivity index (χ1n) is 4.00. The smallest absolute Gasteiger partial charge is 0.118 e. The fourth-order valence-corrected chi connectivity index (χ4v) is 1.44. The molecule has 0 unspecified atom stereocenters. The van der Waals surface area contributed by atoms with Crippen molar-refractivity contribution in [3.05, 3.63) is 28.8 Å². The van der Waals surface area contributed by atoms with Crippen LogP contribution in [0.4, 0.5) is 0 Å². The van der Waals surface area contributed by atoms with E-state index in [-0.39, 0.29) is 0 Å². The van der Waals surface area contributed by atoms with Crippen LogP contribution in [0.2, 0.25) is 0 Å². The van der Waals surface area contributed by atoms with Crippen LogP contribution in [0.25, 0.3) is 0 Å². The minimum absolute atomic E-state index is 0.367. The fourth-order valence-electron chi connectivity index (χ4n) is 1.23. The maximum Gasteiger partial charge on any atom is 0.118 e. The van der Waals surface area contributed by atoms with Crippen molar-refractivity contribution in [3.8, 4) is 5.75 Å². The lowest BCUT2D eigenvalue weighted by atomic mass is 10.0. The van der Waals surface area contributed by atoms with E-state index in [0.29, 0.717) is 11.6 Å². The predicted molar refractivity (Wildman–Crippen MR) is 52.0 cm³/mol. The van der Waals surface area contributed by atoms with Crippen molar-refractivity contribution in [1.29, 1.82) is 0 Å². The molecule has 1 nitrogen and oxygen atoms in total. The van der Waals surface area contributed by atoms with E-state index >= 15 is 0 Å². The van der Waals surface area contributed by atoms with Gasteiger partial charge in [0.1, 0.15) is 5.75 Å². The summed E-state index contributed by atoms with van der Waals surface area (Å²) in [5.74, 6) is 0.997. The molecule has 0 bridgehead atoms. The van der Waals surface area contributed by atoms with Crippen LogP contribution in [0.3, 0.4) is 0 Å². The number of aryl methyl sites for hydroxylation is 3. The van der Waals surface area contributed by atoms with Crippen LogP contribution in [0.1, 0.15) is 16.7 Å². The molecule has 1 aromatic carbocycles. The van der Waals surface area contributed by atoms with Crippen molar-refractivity contribution >= 4 is 11.6 Å². The number of hydrogen-bond acceptors (Lipinski definition) is 1. The first-order valence-corrected chi connectivity index (χ1v) is 4.53. The summed E-state index contributed by atoms with van der Waals surface area (Å²) in [6, 6.07) is 3.78. The summed E-state index contributed by atoms with van der Waals surface area (Å²) >= 11 is 5.64. The second kappa shape index (κ2) is 3.81. The lowest BCUT2D eigenvalue weighted by Gasteiger charge is -2.06. The highest BCUT2D eigenvalue weighted by Crippen LogP contribution is 2.21. The number of aromatic hydroxyl groups is 1. The minimum atomic E-state index is 0.367. The molecule has 0 saturated carbocycles. The van der Waals surface area contributed by atoms with Gasteiger partial charge in [-0.2, -0.15) is 0 Å². The van der Waals surface area contributed by atoms with Crippen molar-refractivity contribution in [1.82, 2.24) is 0 Å². The zero-order chi connectivity index (χ0) is 9.14. The molecule has 0 heterocycles. The number of alkyl halides is 1. The Morgan fingerprint density at radius 2 is 1.92 bits per heavy atom. The predicted octanol–water partition coefficient (Wildman–Crippen LogP) is 2.79. The van der Waals surface area contributed by atoms with Gasteiger partial charge in [0.2, 0.25) is 0 Å². The van der Waals surface area contributed by atoms with Gasteiger partial charge in [-0.1, -0.05) is 6.07 Å². The highest BCUT2D eigenvalue weighted by molar-refractivity contribution is 6.18. The molecule has 0 spiro atoms. The van der Waals surface area contributed by atoms with Gasteiger partial charge >= 0.3 is 0 Å². The molecule has 0 amide bonds. The number of halogens is 1. The van der Waals surface area contributed by atoms with Gasteiger partial charge in [0.25, 0.3) is 0 Å². The molecule has 0 atom stereocenters.